The van der Waals surface area contributed by atoms with Crippen molar-refractivity contribution in [2.24, 2.45) is 0 Å². The van der Waals surface area contributed by atoms with Crippen LogP contribution in [-0.4, -0.2) is 49.8 Å². The minimum atomic E-state index is -1.11. The van der Waals surface area contributed by atoms with E-state index in [0.717, 1.165) is 22.3 Å². The van der Waals surface area contributed by atoms with Gasteiger partial charge >= 0.3 is 36.2 Å². The van der Waals surface area contributed by atoms with Crippen molar-refractivity contribution < 1.29 is 66.7 Å². The molecular formula is C41H34O14. The maximum Gasteiger partial charge on any atom is 0.516 e. The summed E-state index contributed by atoms with van der Waals surface area (Å²) >= 11 is 0. The molecule has 0 aliphatic heterocycles. The van der Waals surface area contributed by atoms with Crippen LogP contribution in [-0.2, 0) is 34.0 Å². The third kappa shape index (κ3) is 9.61. The molecule has 0 N–H and O–H groups in total. The number of rotatable bonds is 12. The van der Waals surface area contributed by atoms with Crippen LogP contribution in [0.1, 0.15) is 59.5 Å². The van der Waals surface area contributed by atoms with E-state index in [-0.39, 0.29) is 33.8 Å². The molecule has 14 nitrogen and oxygen atoms in total. The molecular weight excluding hydrogens is 716 g/mol. The van der Waals surface area contributed by atoms with E-state index in [1.165, 1.54) is 62.4 Å². The first-order valence-electron chi connectivity index (χ1n) is 16.4. The maximum atomic E-state index is 13.0. The fourth-order valence-electron chi connectivity index (χ4n) is 5.23. The first-order chi connectivity index (χ1) is 26.1. The lowest BCUT2D eigenvalue weighted by atomic mass is 9.82. The Morgan fingerprint density at radius 1 is 0.491 bits per heavy atom. The van der Waals surface area contributed by atoms with Crippen molar-refractivity contribution in [2.75, 3.05) is 13.6 Å². The molecule has 0 spiro atoms. The van der Waals surface area contributed by atoms with Crippen molar-refractivity contribution in [3.8, 4) is 34.1 Å². The van der Waals surface area contributed by atoms with Gasteiger partial charge in [-0.25, -0.2) is 28.8 Å². The highest BCUT2D eigenvalue weighted by molar-refractivity contribution is 5.93. The lowest BCUT2D eigenvalue weighted by molar-refractivity contribution is -0.148. The fraction of sp³-hybridized carbons (Fsp3) is 0.171. The quantitative estimate of drug-likeness (QED) is 0.0454. The normalized spacial score (nSPS) is 11.8. The van der Waals surface area contributed by atoms with Crippen molar-refractivity contribution in [3.63, 3.8) is 0 Å². The van der Waals surface area contributed by atoms with E-state index in [1.807, 2.05) is 26.0 Å². The number of carbonyl (C=O) groups is 6. The van der Waals surface area contributed by atoms with Crippen LogP contribution in [0.15, 0.2) is 109 Å². The van der Waals surface area contributed by atoms with Gasteiger partial charge in [-0.1, -0.05) is 39.1 Å². The second-order valence-corrected chi connectivity index (χ2v) is 12.5. The monoisotopic (exact) mass is 750 g/mol. The number of hydrogen-bond donors (Lipinski definition) is 0. The fourth-order valence-corrected chi connectivity index (χ4v) is 5.23. The summed E-state index contributed by atoms with van der Waals surface area (Å²) in [6, 6.07) is 21.8. The van der Waals surface area contributed by atoms with Gasteiger partial charge in [0, 0.05) is 16.6 Å². The lowest BCUT2D eigenvalue weighted by Gasteiger charge is -2.22. The highest BCUT2D eigenvalue weighted by atomic mass is 16.8. The topological polar surface area (TPSA) is 176 Å². The molecule has 5 rings (SSSR count). The molecule has 1 aliphatic carbocycles. The molecule has 0 unspecified atom stereocenters. The largest absolute Gasteiger partial charge is 0.516 e. The van der Waals surface area contributed by atoms with E-state index in [4.69, 9.17) is 18.9 Å². The summed E-state index contributed by atoms with van der Waals surface area (Å²) in [4.78, 5) is 72.4. The van der Waals surface area contributed by atoms with Crippen LogP contribution in [0.25, 0.3) is 11.1 Å². The Morgan fingerprint density at radius 3 is 1.18 bits per heavy atom. The summed E-state index contributed by atoms with van der Waals surface area (Å²) in [5.41, 5.74) is 3.71. The van der Waals surface area contributed by atoms with Crippen LogP contribution in [0, 0.1) is 0 Å². The van der Waals surface area contributed by atoms with Gasteiger partial charge in [-0.15, -0.1) is 0 Å². The van der Waals surface area contributed by atoms with Gasteiger partial charge < -0.3 is 37.9 Å². The Morgan fingerprint density at radius 2 is 0.836 bits per heavy atom. The van der Waals surface area contributed by atoms with E-state index in [9.17, 15) is 28.8 Å². The van der Waals surface area contributed by atoms with Crippen LogP contribution in [0.2, 0.25) is 0 Å². The van der Waals surface area contributed by atoms with Gasteiger partial charge in [-0.3, -0.25) is 0 Å². The summed E-state index contributed by atoms with van der Waals surface area (Å²) in [6.07, 6.45) is -2.22. The molecule has 0 fully saturated rings. The van der Waals surface area contributed by atoms with E-state index in [1.54, 1.807) is 24.3 Å². The number of fused-ring (bicyclic) bond motifs is 3. The molecule has 0 heterocycles. The Bertz CT molecular complexity index is 2040. The Kier molecular flexibility index (Phi) is 11.8. The van der Waals surface area contributed by atoms with Crippen LogP contribution in [0.5, 0.6) is 23.0 Å². The molecule has 1 aliphatic rings. The Labute approximate surface area is 314 Å². The van der Waals surface area contributed by atoms with Gasteiger partial charge in [0.15, 0.2) is 0 Å². The van der Waals surface area contributed by atoms with Gasteiger partial charge in [-0.2, -0.15) is 0 Å². The lowest BCUT2D eigenvalue weighted by Crippen LogP contribution is -2.16. The first kappa shape index (κ1) is 39.0. The number of ether oxygens (including phenoxy) is 8. The zero-order chi connectivity index (χ0) is 39.9. The van der Waals surface area contributed by atoms with Crippen molar-refractivity contribution in [2.45, 2.75) is 33.1 Å². The Hall–Kier alpha value is -7.22. The smallest absolute Gasteiger partial charge is 0.424 e. The highest BCUT2D eigenvalue weighted by Crippen LogP contribution is 2.50. The highest BCUT2D eigenvalue weighted by Gasteiger charge is 2.36. The molecule has 0 bridgehead atoms. The molecule has 0 aromatic heterocycles. The van der Waals surface area contributed by atoms with Crippen LogP contribution < -0.4 is 18.9 Å². The predicted molar refractivity (Wildman–Crippen MR) is 193 cm³/mol. The SMILES string of the molecule is C=C(C)C(=O)OCOC(=O)Oc1ccc(C(=O)Oc2ccc3c(c2)C(C)(C)c2cc(OC(=O)c4ccc(OC(=O)OCOC(=O)C(=C)C)cc4)ccc2-3)cc1. The average Bonchev–Trinajstić information content (AvgIpc) is 3.36. The standard InChI is InChI=1S/C41H34O14/c1-23(2)35(42)48-21-50-39(46)54-27-11-7-25(8-12-27)37(44)52-29-15-17-31-32-18-16-30(20-34(32)41(5,6)33(31)19-29)53-38(45)26-9-13-28(14-10-26)55-40(47)51-22-49-36(43)24(3)4/h7-20H,1,3,21-22H2,2,4-6H3. The zero-order valence-corrected chi connectivity index (χ0v) is 30.1. The van der Waals surface area contributed by atoms with Crippen LogP contribution in [0.3, 0.4) is 0 Å². The molecule has 55 heavy (non-hydrogen) atoms. The van der Waals surface area contributed by atoms with E-state index >= 15 is 0 Å². The maximum absolute atomic E-state index is 13.0. The third-order valence-corrected chi connectivity index (χ3v) is 8.05. The molecule has 282 valence electrons. The minimum absolute atomic E-state index is 0.0830. The number of hydrogen-bond acceptors (Lipinski definition) is 14. The van der Waals surface area contributed by atoms with Gasteiger partial charge in [0.05, 0.1) is 11.1 Å². The molecule has 0 saturated carbocycles. The van der Waals surface area contributed by atoms with Crippen molar-refractivity contribution in [1.29, 1.82) is 0 Å². The summed E-state index contributed by atoms with van der Waals surface area (Å²) in [6.45, 7) is 12.4. The van der Waals surface area contributed by atoms with Gasteiger partial charge in [0.2, 0.25) is 13.6 Å². The Balaban J connectivity index is 1.16. The van der Waals surface area contributed by atoms with Gasteiger partial charge in [0.1, 0.15) is 23.0 Å². The third-order valence-electron chi connectivity index (χ3n) is 8.05. The van der Waals surface area contributed by atoms with Gasteiger partial charge in [0.25, 0.3) is 0 Å². The molecule has 4 aromatic rings. The summed E-state index contributed by atoms with van der Waals surface area (Å²) in [7, 11) is 0. The van der Waals surface area contributed by atoms with Crippen molar-refractivity contribution in [1.82, 2.24) is 0 Å². The van der Waals surface area contributed by atoms with E-state index in [2.05, 4.69) is 32.1 Å². The average molecular weight is 751 g/mol. The second-order valence-electron chi connectivity index (χ2n) is 12.5. The second kappa shape index (κ2) is 16.6. The van der Waals surface area contributed by atoms with Crippen LogP contribution >= 0.6 is 0 Å². The van der Waals surface area contributed by atoms with E-state index < -0.39 is 55.2 Å². The van der Waals surface area contributed by atoms with Crippen molar-refractivity contribution >= 4 is 36.2 Å². The predicted octanol–water partition coefficient (Wildman–Crippen LogP) is 7.62. The molecule has 14 heteroatoms. The minimum Gasteiger partial charge on any atom is -0.424 e. The molecule has 0 saturated heterocycles. The number of esters is 4. The summed E-state index contributed by atoms with van der Waals surface area (Å²) in [5.74, 6) is -1.97. The molecule has 0 radical (unpaired) electrons. The van der Waals surface area contributed by atoms with E-state index in [0.29, 0.717) is 11.5 Å². The number of carbonyl (C=O) groups excluding carboxylic acids is 6. The summed E-state index contributed by atoms with van der Waals surface area (Å²) in [5, 5.41) is 0. The van der Waals surface area contributed by atoms with Gasteiger partial charge in [-0.05, 0) is 109 Å². The van der Waals surface area contributed by atoms with Crippen molar-refractivity contribution in [3.05, 3.63) is 131 Å². The summed E-state index contributed by atoms with van der Waals surface area (Å²) < 4.78 is 40.1. The van der Waals surface area contributed by atoms with Crippen LogP contribution in [0.4, 0.5) is 9.59 Å². The zero-order valence-electron chi connectivity index (χ0n) is 30.1. The first-order valence-corrected chi connectivity index (χ1v) is 16.4. The molecule has 0 amide bonds. The molecule has 4 aromatic carbocycles. The molecule has 0 atom stereocenters. The number of benzene rings is 4.